The molecular weight excluding hydrogens is 422 g/mol. The van der Waals surface area contributed by atoms with Gasteiger partial charge in [0.05, 0.1) is 25.5 Å². The average Bonchev–Trinajstić information content (AvgIpc) is 3.40. The van der Waals surface area contributed by atoms with Crippen molar-refractivity contribution in [2.75, 3.05) is 38.2 Å². The predicted molar refractivity (Wildman–Crippen MR) is 123 cm³/mol. The first-order valence-electron chi connectivity index (χ1n) is 10.8. The summed E-state index contributed by atoms with van der Waals surface area (Å²) < 4.78 is 10.4. The molecule has 0 radical (unpaired) electrons. The lowest BCUT2D eigenvalue weighted by Crippen LogP contribution is -2.52. The molecule has 0 atom stereocenters. The number of piperazine rings is 1. The molecule has 0 aliphatic carbocycles. The van der Waals surface area contributed by atoms with E-state index in [1.54, 1.807) is 42.7 Å². The van der Waals surface area contributed by atoms with E-state index in [0.29, 0.717) is 56.4 Å². The number of amides is 3. The molecule has 2 aromatic heterocycles. The Hall–Kier alpha value is -4.01. The topological polar surface area (TPSA) is 99.9 Å². The van der Waals surface area contributed by atoms with Crippen LogP contribution in [0.4, 0.5) is 10.6 Å². The summed E-state index contributed by atoms with van der Waals surface area (Å²) in [6.45, 7) is 3.00. The molecule has 4 rings (SSSR count). The summed E-state index contributed by atoms with van der Waals surface area (Å²) in [5, 5.41) is 5.83. The van der Waals surface area contributed by atoms with Crippen LogP contribution < -0.4 is 20.3 Å². The van der Waals surface area contributed by atoms with Gasteiger partial charge in [0.2, 0.25) is 0 Å². The largest absolute Gasteiger partial charge is 0.497 e. The normalized spacial score (nSPS) is 13.5. The standard InChI is InChI=1S/C24H27N5O4/c1-32-19-8-6-18(7-9-19)16-26-23(30)21-5-2-10-25-22(21)28-11-13-29(14-12-28)24(31)27-17-20-4-3-15-33-20/h2-10,15H,11-14,16-17H2,1H3,(H,26,30)(H,27,31). The molecule has 1 aromatic carbocycles. The summed E-state index contributed by atoms with van der Waals surface area (Å²) in [7, 11) is 1.62. The number of carbonyl (C=O) groups is 2. The fraction of sp³-hybridized carbons (Fsp3) is 0.292. The Bertz CT molecular complexity index is 1060. The van der Waals surface area contributed by atoms with Gasteiger partial charge >= 0.3 is 6.03 Å². The van der Waals surface area contributed by atoms with Crippen molar-refractivity contribution >= 4 is 17.8 Å². The summed E-state index contributed by atoms with van der Waals surface area (Å²) in [6.07, 6.45) is 3.26. The molecule has 0 unspecified atom stereocenters. The van der Waals surface area contributed by atoms with Gasteiger partial charge in [-0.2, -0.15) is 0 Å². The van der Waals surface area contributed by atoms with E-state index in [9.17, 15) is 9.59 Å². The molecule has 3 heterocycles. The van der Waals surface area contributed by atoms with Gasteiger partial charge in [0.25, 0.3) is 5.91 Å². The summed E-state index contributed by atoms with van der Waals surface area (Å²) in [6, 6.07) is 14.6. The molecule has 9 heteroatoms. The fourth-order valence-corrected chi connectivity index (χ4v) is 3.66. The highest BCUT2D eigenvalue weighted by Crippen LogP contribution is 2.19. The number of carbonyl (C=O) groups excluding carboxylic acids is 2. The van der Waals surface area contributed by atoms with Gasteiger partial charge in [-0.1, -0.05) is 12.1 Å². The van der Waals surface area contributed by atoms with E-state index in [1.165, 1.54) is 0 Å². The van der Waals surface area contributed by atoms with Gasteiger partial charge in [-0.3, -0.25) is 4.79 Å². The van der Waals surface area contributed by atoms with E-state index >= 15 is 0 Å². The summed E-state index contributed by atoms with van der Waals surface area (Å²) in [4.78, 5) is 33.6. The zero-order valence-electron chi connectivity index (χ0n) is 18.5. The molecule has 3 aromatic rings. The first-order chi connectivity index (χ1) is 16.1. The number of urea groups is 1. The van der Waals surface area contributed by atoms with E-state index in [2.05, 4.69) is 15.6 Å². The van der Waals surface area contributed by atoms with Gasteiger partial charge in [0.1, 0.15) is 17.3 Å². The van der Waals surface area contributed by atoms with Gasteiger partial charge in [0.15, 0.2) is 0 Å². The molecule has 0 bridgehead atoms. The quantitative estimate of drug-likeness (QED) is 0.575. The van der Waals surface area contributed by atoms with Crippen molar-refractivity contribution in [1.29, 1.82) is 0 Å². The van der Waals surface area contributed by atoms with Crippen LogP contribution in [0.2, 0.25) is 0 Å². The molecule has 1 saturated heterocycles. The van der Waals surface area contributed by atoms with Crippen LogP contribution in [0.1, 0.15) is 21.7 Å². The lowest BCUT2D eigenvalue weighted by molar-refractivity contribution is 0.0950. The third kappa shape index (κ3) is 5.62. The number of pyridine rings is 1. The van der Waals surface area contributed by atoms with Crippen LogP contribution >= 0.6 is 0 Å². The van der Waals surface area contributed by atoms with Crippen molar-refractivity contribution in [2.24, 2.45) is 0 Å². The van der Waals surface area contributed by atoms with Gasteiger partial charge in [-0.05, 0) is 42.0 Å². The third-order valence-corrected chi connectivity index (χ3v) is 5.50. The number of aromatic nitrogens is 1. The Labute approximate surface area is 192 Å². The molecule has 2 N–H and O–H groups in total. The van der Waals surface area contributed by atoms with Crippen molar-refractivity contribution in [3.05, 3.63) is 77.9 Å². The minimum absolute atomic E-state index is 0.135. The molecule has 1 aliphatic rings. The molecule has 1 aliphatic heterocycles. The number of nitrogens with zero attached hydrogens (tertiary/aromatic N) is 3. The van der Waals surface area contributed by atoms with Crippen molar-refractivity contribution < 1.29 is 18.7 Å². The number of furan rings is 1. The highest BCUT2D eigenvalue weighted by Gasteiger charge is 2.25. The number of anilines is 1. The minimum Gasteiger partial charge on any atom is -0.497 e. The predicted octanol–water partition coefficient (Wildman–Crippen LogP) is 2.65. The SMILES string of the molecule is COc1ccc(CNC(=O)c2cccnc2N2CCN(C(=O)NCc3ccco3)CC2)cc1. The molecule has 9 nitrogen and oxygen atoms in total. The number of ether oxygens (including phenoxy) is 1. The molecule has 1 fully saturated rings. The molecule has 172 valence electrons. The fourth-order valence-electron chi connectivity index (χ4n) is 3.66. The average molecular weight is 450 g/mol. The monoisotopic (exact) mass is 449 g/mol. The molecule has 0 saturated carbocycles. The van der Waals surface area contributed by atoms with Crippen LogP contribution in [0.25, 0.3) is 0 Å². The second-order valence-electron chi connectivity index (χ2n) is 7.62. The molecular formula is C24H27N5O4. The van der Waals surface area contributed by atoms with E-state index in [0.717, 1.165) is 11.3 Å². The van der Waals surface area contributed by atoms with Gasteiger partial charge in [0, 0.05) is 38.9 Å². The van der Waals surface area contributed by atoms with Gasteiger partial charge < -0.3 is 29.6 Å². The van der Waals surface area contributed by atoms with Crippen molar-refractivity contribution in [3.8, 4) is 5.75 Å². The number of nitrogens with one attached hydrogen (secondary N) is 2. The Balaban J connectivity index is 1.32. The van der Waals surface area contributed by atoms with Crippen LogP contribution in [0.15, 0.2) is 65.4 Å². The van der Waals surface area contributed by atoms with Gasteiger partial charge in [-0.15, -0.1) is 0 Å². The number of methoxy groups -OCH3 is 1. The first-order valence-corrected chi connectivity index (χ1v) is 10.8. The lowest BCUT2D eigenvalue weighted by atomic mass is 10.2. The van der Waals surface area contributed by atoms with Crippen LogP contribution in [0.5, 0.6) is 5.75 Å². The first kappa shape index (κ1) is 22.2. The van der Waals surface area contributed by atoms with E-state index < -0.39 is 0 Å². The Morgan fingerprint density at radius 3 is 2.48 bits per heavy atom. The van der Waals surface area contributed by atoms with Crippen LogP contribution in [-0.4, -0.2) is 55.1 Å². The number of hydrogen-bond donors (Lipinski definition) is 2. The number of benzene rings is 1. The van der Waals surface area contributed by atoms with Gasteiger partial charge in [-0.25, -0.2) is 9.78 Å². The Morgan fingerprint density at radius 2 is 1.79 bits per heavy atom. The zero-order valence-corrected chi connectivity index (χ0v) is 18.5. The second kappa shape index (κ2) is 10.5. The van der Waals surface area contributed by atoms with Crippen molar-refractivity contribution in [1.82, 2.24) is 20.5 Å². The summed E-state index contributed by atoms with van der Waals surface area (Å²) >= 11 is 0. The van der Waals surface area contributed by atoms with E-state index in [-0.39, 0.29) is 11.9 Å². The zero-order chi connectivity index (χ0) is 23.0. The van der Waals surface area contributed by atoms with E-state index in [4.69, 9.17) is 9.15 Å². The Morgan fingerprint density at radius 1 is 1.00 bits per heavy atom. The maximum absolute atomic E-state index is 12.9. The van der Waals surface area contributed by atoms with Crippen LogP contribution in [0, 0.1) is 0 Å². The Kier molecular flexibility index (Phi) is 7.09. The van der Waals surface area contributed by atoms with Crippen LogP contribution in [0.3, 0.4) is 0 Å². The maximum Gasteiger partial charge on any atom is 0.317 e. The summed E-state index contributed by atoms with van der Waals surface area (Å²) in [5.74, 6) is 1.92. The third-order valence-electron chi connectivity index (χ3n) is 5.50. The number of hydrogen-bond acceptors (Lipinski definition) is 6. The maximum atomic E-state index is 12.9. The van der Waals surface area contributed by atoms with E-state index in [1.807, 2.05) is 35.2 Å². The molecule has 0 spiro atoms. The second-order valence-corrected chi connectivity index (χ2v) is 7.62. The summed E-state index contributed by atoms with van der Waals surface area (Å²) in [5.41, 5.74) is 1.49. The highest BCUT2D eigenvalue weighted by molar-refractivity contribution is 5.98. The molecule has 3 amide bonds. The lowest BCUT2D eigenvalue weighted by Gasteiger charge is -2.36. The number of rotatable bonds is 7. The smallest absolute Gasteiger partial charge is 0.317 e. The molecule has 33 heavy (non-hydrogen) atoms. The van der Waals surface area contributed by atoms with Crippen molar-refractivity contribution in [3.63, 3.8) is 0 Å². The van der Waals surface area contributed by atoms with Crippen LogP contribution in [-0.2, 0) is 13.1 Å². The minimum atomic E-state index is -0.187. The highest BCUT2D eigenvalue weighted by atomic mass is 16.5. The van der Waals surface area contributed by atoms with Crippen molar-refractivity contribution in [2.45, 2.75) is 13.1 Å².